The first-order chi connectivity index (χ1) is 9.40. The summed E-state index contributed by atoms with van der Waals surface area (Å²) in [4.78, 5) is 32.4. The summed E-state index contributed by atoms with van der Waals surface area (Å²) in [6, 6.07) is 4.99. The predicted molar refractivity (Wildman–Crippen MR) is 72.4 cm³/mol. The van der Waals surface area contributed by atoms with E-state index in [0.29, 0.717) is 0 Å². The Morgan fingerprint density at radius 3 is 2.50 bits per heavy atom. The van der Waals surface area contributed by atoms with Crippen LogP contribution in [0.25, 0.3) is 0 Å². The van der Waals surface area contributed by atoms with Gasteiger partial charge in [0.25, 0.3) is 5.69 Å². The van der Waals surface area contributed by atoms with Crippen molar-refractivity contribution in [3.05, 3.63) is 34.4 Å². The van der Waals surface area contributed by atoms with Gasteiger partial charge in [0, 0.05) is 22.8 Å². The number of nitrogens with one attached hydrogen (secondary N) is 1. The van der Waals surface area contributed by atoms with Crippen LogP contribution < -0.4 is 11.1 Å². The van der Waals surface area contributed by atoms with Crippen molar-refractivity contribution < 1.29 is 19.6 Å². The van der Waals surface area contributed by atoms with E-state index in [1.807, 2.05) is 0 Å². The maximum atomic E-state index is 11.4. The minimum Gasteiger partial charge on any atom is -0.480 e. The number of amides is 1. The highest BCUT2D eigenvalue weighted by atomic mass is 32.2. The van der Waals surface area contributed by atoms with E-state index in [-0.39, 0.29) is 11.4 Å². The van der Waals surface area contributed by atoms with Crippen LogP contribution in [0.5, 0.6) is 0 Å². The van der Waals surface area contributed by atoms with Gasteiger partial charge in [-0.1, -0.05) is 0 Å². The minimum atomic E-state index is -1.14. The van der Waals surface area contributed by atoms with E-state index in [1.165, 1.54) is 23.9 Å². The van der Waals surface area contributed by atoms with Crippen molar-refractivity contribution in [2.75, 3.05) is 12.3 Å². The van der Waals surface area contributed by atoms with Crippen LogP contribution in [0, 0.1) is 10.1 Å². The topological polar surface area (TPSA) is 136 Å². The van der Waals surface area contributed by atoms with E-state index in [4.69, 9.17) is 10.8 Å². The Hall–Kier alpha value is -2.13. The van der Waals surface area contributed by atoms with Crippen molar-refractivity contribution >= 4 is 29.3 Å². The Morgan fingerprint density at radius 2 is 2.00 bits per heavy atom. The predicted octanol–water partition coefficient (Wildman–Crippen LogP) is 0.215. The van der Waals surface area contributed by atoms with Crippen LogP contribution in [0.15, 0.2) is 29.2 Å². The second-order valence-electron chi connectivity index (χ2n) is 3.78. The highest BCUT2D eigenvalue weighted by molar-refractivity contribution is 7.99. The van der Waals surface area contributed by atoms with Crippen molar-refractivity contribution in [1.29, 1.82) is 0 Å². The van der Waals surface area contributed by atoms with Crippen molar-refractivity contribution in [3.63, 3.8) is 0 Å². The average Bonchev–Trinajstić information content (AvgIpc) is 2.42. The summed E-state index contributed by atoms with van der Waals surface area (Å²) in [5.74, 6) is -1.46. The van der Waals surface area contributed by atoms with E-state index >= 15 is 0 Å². The molecule has 0 bridgehead atoms. The third kappa shape index (κ3) is 5.24. The SMILES string of the molecule is NC(CSc1ccc([N+](=O)[O-])cc1)C(=O)NCC(=O)O. The minimum absolute atomic E-state index is 0.0159. The summed E-state index contributed by atoms with van der Waals surface area (Å²) in [6.07, 6.45) is 0. The summed E-state index contributed by atoms with van der Waals surface area (Å²) >= 11 is 1.26. The van der Waals surface area contributed by atoms with E-state index < -0.39 is 29.4 Å². The molecule has 0 heterocycles. The third-order valence-electron chi connectivity index (χ3n) is 2.23. The molecule has 0 aromatic heterocycles. The van der Waals surface area contributed by atoms with Gasteiger partial charge in [-0.05, 0) is 12.1 Å². The zero-order valence-electron chi connectivity index (χ0n) is 10.3. The molecule has 0 saturated heterocycles. The molecule has 0 fully saturated rings. The number of benzene rings is 1. The Balaban J connectivity index is 2.44. The maximum absolute atomic E-state index is 11.4. The van der Waals surface area contributed by atoms with Crippen molar-refractivity contribution in [2.45, 2.75) is 10.9 Å². The number of nitrogens with two attached hydrogens (primary N) is 1. The molecule has 0 radical (unpaired) electrons. The van der Waals surface area contributed by atoms with E-state index in [9.17, 15) is 19.7 Å². The number of carboxylic acids is 1. The number of thioether (sulfide) groups is 1. The zero-order chi connectivity index (χ0) is 15.1. The molecule has 20 heavy (non-hydrogen) atoms. The Bertz CT molecular complexity index is 505. The van der Waals surface area contributed by atoms with Crippen LogP contribution in [0.2, 0.25) is 0 Å². The smallest absolute Gasteiger partial charge is 0.322 e. The molecule has 1 aromatic carbocycles. The van der Waals surface area contributed by atoms with Gasteiger partial charge >= 0.3 is 5.97 Å². The van der Waals surface area contributed by atoms with Gasteiger partial charge in [0.05, 0.1) is 11.0 Å². The average molecular weight is 299 g/mol. The molecule has 0 saturated carbocycles. The van der Waals surface area contributed by atoms with Gasteiger partial charge in [0.2, 0.25) is 5.91 Å². The molecule has 1 amide bonds. The molecular formula is C11H13N3O5S. The first kappa shape index (κ1) is 15.9. The van der Waals surface area contributed by atoms with Crippen molar-refractivity contribution in [2.24, 2.45) is 5.73 Å². The molecule has 1 unspecified atom stereocenters. The second kappa shape index (κ2) is 7.46. The van der Waals surface area contributed by atoms with Gasteiger partial charge in [-0.15, -0.1) is 11.8 Å². The molecule has 0 aliphatic carbocycles. The number of non-ortho nitro benzene ring substituents is 1. The number of nitro groups is 1. The standard InChI is InChI=1S/C11H13N3O5S/c12-9(11(17)13-5-10(15)16)6-20-8-3-1-7(2-4-8)14(18)19/h1-4,9H,5-6,12H2,(H,13,17)(H,15,16). The van der Waals surface area contributed by atoms with Crippen LogP contribution in [-0.2, 0) is 9.59 Å². The van der Waals surface area contributed by atoms with Crippen molar-refractivity contribution in [1.82, 2.24) is 5.32 Å². The van der Waals surface area contributed by atoms with E-state index in [1.54, 1.807) is 12.1 Å². The van der Waals surface area contributed by atoms with Crippen LogP contribution in [0.1, 0.15) is 0 Å². The lowest BCUT2D eigenvalue weighted by molar-refractivity contribution is -0.384. The molecule has 8 nitrogen and oxygen atoms in total. The Labute approximate surface area is 118 Å². The molecule has 0 aliphatic heterocycles. The van der Waals surface area contributed by atoms with Crippen LogP contribution >= 0.6 is 11.8 Å². The Morgan fingerprint density at radius 1 is 1.40 bits per heavy atom. The number of carbonyl (C=O) groups excluding carboxylic acids is 1. The number of rotatable bonds is 7. The fourth-order valence-corrected chi connectivity index (χ4v) is 2.07. The Kier molecular flexibility index (Phi) is 5.94. The van der Waals surface area contributed by atoms with Crippen LogP contribution in [0.4, 0.5) is 5.69 Å². The van der Waals surface area contributed by atoms with Crippen molar-refractivity contribution in [3.8, 4) is 0 Å². The first-order valence-corrected chi connectivity index (χ1v) is 6.51. The number of carbonyl (C=O) groups is 2. The number of hydrogen-bond acceptors (Lipinski definition) is 6. The van der Waals surface area contributed by atoms with Gasteiger partial charge in [0.15, 0.2) is 0 Å². The molecular weight excluding hydrogens is 286 g/mol. The monoisotopic (exact) mass is 299 g/mol. The van der Waals surface area contributed by atoms with Crippen LogP contribution in [-0.4, -0.2) is 40.2 Å². The highest BCUT2D eigenvalue weighted by Crippen LogP contribution is 2.21. The van der Waals surface area contributed by atoms with Gasteiger partial charge in [0.1, 0.15) is 6.54 Å². The first-order valence-electron chi connectivity index (χ1n) is 5.52. The lowest BCUT2D eigenvalue weighted by Crippen LogP contribution is -2.44. The summed E-state index contributed by atoms with van der Waals surface area (Å²) in [5.41, 5.74) is 5.58. The van der Waals surface area contributed by atoms with Gasteiger partial charge < -0.3 is 16.2 Å². The highest BCUT2D eigenvalue weighted by Gasteiger charge is 2.14. The number of aliphatic carboxylic acids is 1. The van der Waals surface area contributed by atoms with E-state index in [0.717, 1.165) is 4.90 Å². The molecule has 1 rings (SSSR count). The zero-order valence-corrected chi connectivity index (χ0v) is 11.1. The lowest BCUT2D eigenvalue weighted by atomic mass is 10.3. The largest absolute Gasteiger partial charge is 0.480 e. The van der Waals surface area contributed by atoms with Gasteiger partial charge in [-0.25, -0.2) is 0 Å². The number of carboxylic acid groups (broad SMARTS) is 1. The number of nitrogens with zero attached hydrogens (tertiary/aromatic N) is 1. The van der Waals surface area contributed by atoms with Gasteiger partial charge in [-0.2, -0.15) is 0 Å². The van der Waals surface area contributed by atoms with E-state index in [2.05, 4.69) is 5.32 Å². The lowest BCUT2D eigenvalue weighted by Gasteiger charge is -2.10. The van der Waals surface area contributed by atoms with Crippen LogP contribution in [0.3, 0.4) is 0 Å². The molecule has 4 N–H and O–H groups in total. The number of hydrogen-bond donors (Lipinski definition) is 3. The maximum Gasteiger partial charge on any atom is 0.322 e. The summed E-state index contributed by atoms with van der Waals surface area (Å²) in [5, 5.41) is 21.1. The summed E-state index contributed by atoms with van der Waals surface area (Å²) < 4.78 is 0. The summed E-state index contributed by atoms with van der Waals surface area (Å²) in [7, 11) is 0. The normalized spacial score (nSPS) is 11.7. The molecule has 1 aromatic rings. The molecule has 0 aliphatic rings. The fraction of sp³-hybridized carbons (Fsp3) is 0.273. The molecule has 9 heteroatoms. The molecule has 108 valence electrons. The second-order valence-corrected chi connectivity index (χ2v) is 4.87. The molecule has 0 spiro atoms. The number of nitro benzene ring substituents is 1. The quantitative estimate of drug-likeness (QED) is 0.372. The van der Waals surface area contributed by atoms with Gasteiger partial charge in [-0.3, -0.25) is 19.7 Å². The summed E-state index contributed by atoms with van der Waals surface area (Å²) in [6.45, 7) is -0.477. The third-order valence-corrected chi connectivity index (χ3v) is 3.36. The fourth-order valence-electron chi connectivity index (χ4n) is 1.22. The molecule has 1 atom stereocenters.